The predicted molar refractivity (Wildman–Crippen MR) is 96.3 cm³/mol. The van der Waals surface area contributed by atoms with Gasteiger partial charge < -0.3 is 15.5 Å². The van der Waals surface area contributed by atoms with E-state index in [2.05, 4.69) is 15.1 Å². The third-order valence-electron chi connectivity index (χ3n) is 4.62. The van der Waals surface area contributed by atoms with Gasteiger partial charge in [0.05, 0.1) is 17.3 Å². The fraction of sp³-hybridized carbons (Fsp3) is 0.294. The van der Waals surface area contributed by atoms with Gasteiger partial charge in [0.1, 0.15) is 23.3 Å². The van der Waals surface area contributed by atoms with E-state index in [9.17, 15) is 9.65 Å². The summed E-state index contributed by atoms with van der Waals surface area (Å²) in [6.45, 7) is 2.55. The van der Waals surface area contributed by atoms with Crippen LogP contribution in [0.2, 0.25) is 0 Å². The maximum absolute atomic E-state index is 13.8. The number of nitriles is 1. The Hall–Kier alpha value is -3.41. The molecule has 0 atom stereocenters. The Labute approximate surface area is 149 Å². The number of nitrogen functional groups attached to an aromatic ring is 1. The van der Waals surface area contributed by atoms with Gasteiger partial charge >= 0.3 is 0 Å². The van der Waals surface area contributed by atoms with E-state index in [1.165, 1.54) is 6.07 Å². The van der Waals surface area contributed by atoms with Crippen molar-refractivity contribution in [1.29, 1.82) is 5.26 Å². The number of hydrogen-bond donors (Lipinski definition) is 1. The van der Waals surface area contributed by atoms with Crippen molar-refractivity contribution in [3.8, 4) is 6.07 Å². The Kier molecular flexibility index (Phi) is 3.80. The van der Waals surface area contributed by atoms with E-state index in [-0.39, 0.29) is 5.56 Å². The average Bonchev–Trinajstić information content (AvgIpc) is 3.03. The molecule has 8 nitrogen and oxygen atoms in total. The number of nitrogens with zero attached hydrogens (tertiary/aromatic N) is 7. The Balaban J connectivity index is 1.57. The quantitative estimate of drug-likeness (QED) is 0.741. The Bertz CT molecular complexity index is 1010. The molecule has 1 fully saturated rings. The Morgan fingerprint density at radius 2 is 1.88 bits per heavy atom. The molecule has 2 N–H and O–H groups in total. The lowest BCUT2D eigenvalue weighted by Gasteiger charge is -2.36. The number of aromatic nitrogens is 4. The van der Waals surface area contributed by atoms with Gasteiger partial charge in [-0.2, -0.15) is 20.3 Å². The maximum Gasteiger partial charge on any atom is 0.229 e. The lowest BCUT2D eigenvalue weighted by molar-refractivity contribution is 0.614. The van der Waals surface area contributed by atoms with Crippen molar-refractivity contribution in [1.82, 2.24) is 19.7 Å². The molecule has 0 amide bonds. The first-order valence-electron chi connectivity index (χ1n) is 8.22. The van der Waals surface area contributed by atoms with E-state index in [4.69, 9.17) is 5.73 Å². The number of anilines is 3. The van der Waals surface area contributed by atoms with Crippen LogP contribution in [0.15, 0.2) is 24.4 Å². The molecule has 1 saturated heterocycles. The minimum Gasteiger partial charge on any atom is -0.383 e. The summed E-state index contributed by atoms with van der Waals surface area (Å²) in [6, 6.07) is 6.65. The number of halogens is 1. The summed E-state index contributed by atoms with van der Waals surface area (Å²) < 4.78 is 15.5. The molecule has 3 heterocycles. The molecular weight excluding hydrogens is 335 g/mol. The monoisotopic (exact) mass is 352 g/mol. The fourth-order valence-corrected chi connectivity index (χ4v) is 3.21. The second-order valence-corrected chi connectivity index (χ2v) is 6.13. The molecule has 0 unspecified atom stereocenters. The standard InChI is InChI=1S/C17H17FN8/c1-24-16-12(10-21-24)15(20)22-17(23-16)26-7-5-25(6-8-26)14-4-2-3-13(18)11(14)9-19/h2-4,10H,5-8H2,1H3,(H2,20,22,23). The van der Waals surface area contributed by atoms with Gasteiger partial charge in [-0.1, -0.05) is 6.07 Å². The van der Waals surface area contributed by atoms with Crippen LogP contribution in [-0.2, 0) is 7.05 Å². The molecule has 0 radical (unpaired) electrons. The largest absolute Gasteiger partial charge is 0.383 e. The summed E-state index contributed by atoms with van der Waals surface area (Å²) in [5, 5.41) is 14.1. The van der Waals surface area contributed by atoms with Gasteiger partial charge in [-0.15, -0.1) is 0 Å². The topological polar surface area (TPSA) is 99.9 Å². The number of piperazine rings is 1. The van der Waals surface area contributed by atoms with Crippen LogP contribution in [0.5, 0.6) is 0 Å². The molecule has 1 aliphatic heterocycles. The number of fused-ring (bicyclic) bond motifs is 1. The van der Waals surface area contributed by atoms with E-state index >= 15 is 0 Å². The number of rotatable bonds is 2. The van der Waals surface area contributed by atoms with Crippen LogP contribution in [0, 0.1) is 17.1 Å². The SMILES string of the molecule is Cn1ncc2c(N)nc(N3CCN(c4cccc(F)c4C#N)CC3)nc21. The summed E-state index contributed by atoms with van der Waals surface area (Å²) in [6.07, 6.45) is 1.65. The van der Waals surface area contributed by atoms with Gasteiger partial charge in [0.25, 0.3) is 0 Å². The molecule has 1 aliphatic rings. The third kappa shape index (κ3) is 2.56. The van der Waals surface area contributed by atoms with Crippen LogP contribution in [-0.4, -0.2) is 45.9 Å². The summed E-state index contributed by atoms with van der Waals surface area (Å²) in [7, 11) is 1.81. The number of nitrogens with two attached hydrogens (primary N) is 1. The number of aryl methyl sites for hydroxylation is 1. The second kappa shape index (κ2) is 6.15. The summed E-state index contributed by atoms with van der Waals surface area (Å²) in [5.74, 6) is 0.459. The van der Waals surface area contributed by atoms with Gasteiger partial charge in [-0.05, 0) is 12.1 Å². The molecule has 2 aromatic heterocycles. The van der Waals surface area contributed by atoms with Gasteiger partial charge in [0, 0.05) is 33.2 Å². The molecule has 4 rings (SSSR count). The third-order valence-corrected chi connectivity index (χ3v) is 4.62. The summed E-state index contributed by atoms with van der Waals surface area (Å²) >= 11 is 0. The second-order valence-electron chi connectivity index (χ2n) is 6.13. The van der Waals surface area contributed by atoms with Crippen LogP contribution in [0.3, 0.4) is 0 Å². The molecule has 26 heavy (non-hydrogen) atoms. The van der Waals surface area contributed by atoms with Gasteiger partial charge in [-0.25, -0.2) is 4.39 Å². The van der Waals surface area contributed by atoms with E-state index < -0.39 is 5.82 Å². The lowest BCUT2D eigenvalue weighted by atomic mass is 10.1. The number of benzene rings is 1. The van der Waals surface area contributed by atoms with Crippen molar-refractivity contribution in [2.75, 3.05) is 41.7 Å². The molecule has 132 valence electrons. The zero-order valence-corrected chi connectivity index (χ0v) is 14.2. The van der Waals surface area contributed by atoms with Crippen LogP contribution in [0.4, 0.5) is 21.8 Å². The van der Waals surface area contributed by atoms with Crippen molar-refractivity contribution in [3.63, 3.8) is 0 Å². The molecule has 0 spiro atoms. The molecule has 3 aromatic rings. The van der Waals surface area contributed by atoms with Crippen molar-refractivity contribution in [3.05, 3.63) is 35.8 Å². The normalized spacial score (nSPS) is 14.7. The summed E-state index contributed by atoms with van der Waals surface area (Å²) in [4.78, 5) is 13.0. The van der Waals surface area contributed by atoms with Gasteiger partial charge in [0.2, 0.25) is 5.95 Å². The van der Waals surface area contributed by atoms with E-state index in [1.54, 1.807) is 23.0 Å². The van der Waals surface area contributed by atoms with Crippen LogP contribution < -0.4 is 15.5 Å². The van der Waals surface area contributed by atoms with E-state index in [0.717, 1.165) is 5.39 Å². The van der Waals surface area contributed by atoms with Crippen molar-refractivity contribution < 1.29 is 4.39 Å². The number of hydrogen-bond acceptors (Lipinski definition) is 7. The van der Waals surface area contributed by atoms with Crippen LogP contribution >= 0.6 is 0 Å². The van der Waals surface area contributed by atoms with E-state index in [1.807, 2.05) is 22.9 Å². The Morgan fingerprint density at radius 1 is 1.15 bits per heavy atom. The smallest absolute Gasteiger partial charge is 0.229 e. The maximum atomic E-state index is 13.8. The first-order valence-corrected chi connectivity index (χ1v) is 8.22. The van der Waals surface area contributed by atoms with Crippen molar-refractivity contribution >= 4 is 28.5 Å². The van der Waals surface area contributed by atoms with Crippen LogP contribution in [0.25, 0.3) is 11.0 Å². The first kappa shape index (κ1) is 16.1. The van der Waals surface area contributed by atoms with Gasteiger partial charge in [0.15, 0.2) is 5.65 Å². The van der Waals surface area contributed by atoms with E-state index in [0.29, 0.717) is 49.3 Å². The van der Waals surface area contributed by atoms with Gasteiger partial charge in [-0.3, -0.25) is 4.68 Å². The first-order chi connectivity index (χ1) is 12.6. The average molecular weight is 352 g/mol. The minimum absolute atomic E-state index is 0.0812. The highest BCUT2D eigenvalue weighted by atomic mass is 19.1. The van der Waals surface area contributed by atoms with Crippen LogP contribution in [0.1, 0.15) is 5.56 Å². The van der Waals surface area contributed by atoms with Crippen molar-refractivity contribution in [2.45, 2.75) is 0 Å². The highest BCUT2D eigenvalue weighted by Crippen LogP contribution is 2.26. The zero-order chi connectivity index (χ0) is 18.3. The molecule has 1 aromatic carbocycles. The highest BCUT2D eigenvalue weighted by molar-refractivity contribution is 5.86. The molecule has 0 saturated carbocycles. The Morgan fingerprint density at radius 3 is 2.62 bits per heavy atom. The predicted octanol–water partition coefficient (Wildman–Crippen LogP) is 1.28. The molecule has 0 bridgehead atoms. The highest BCUT2D eigenvalue weighted by Gasteiger charge is 2.23. The summed E-state index contributed by atoms with van der Waals surface area (Å²) in [5.41, 5.74) is 7.42. The van der Waals surface area contributed by atoms with Crippen molar-refractivity contribution in [2.24, 2.45) is 7.05 Å². The zero-order valence-electron chi connectivity index (χ0n) is 14.2. The lowest BCUT2D eigenvalue weighted by Crippen LogP contribution is -2.47. The molecular formula is C17H17FN8. The fourth-order valence-electron chi connectivity index (χ4n) is 3.21. The molecule has 9 heteroatoms. The molecule has 0 aliphatic carbocycles. The minimum atomic E-state index is -0.495.